The van der Waals surface area contributed by atoms with Gasteiger partial charge in [-0.3, -0.25) is 4.79 Å². The van der Waals surface area contributed by atoms with Crippen molar-refractivity contribution in [3.8, 4) is 0 Å². The molecule has 1 saturated heterocycles. The molecule has 138 valence electrons. The largest absolute Gasteiger partial charge is 0.351 e. The Kier molecular flexibility index (Phi) is 6.75. The number of amides is 1. The summed E-state index contributed by atoms with van der Waals surface area (Å²) in [6, 6.07) is 15.0. The molecule has 4 heteroatoms. The van der Waals surface area contributed by atoms with Gasteiger partial charge in [0.2, 0.25) is 5.91 Å². The van der Waals surface area contributed by atoms with E-state index in [0.29, 0.717) is 12.3 Å². The van der Waals surface area contributed by atoms with E-state index in [2.05, 4.69) is 61.6 Å². The van der Waals surface area contributed by atoms with Crippen molar-refractivity contribution in [3.05, 3.63) is 64.7 Å². The van der Waals surface area contributed by atoms with Crippen LogP contribution in [0.2, 0.25) is 0 Å². The summed E-state index contributed by atoms with van der Waals surface area (Å²) < 4.78 is 0. The lowest BCUT2D eigenvalue weighted by molar-refractivity contribution is -0.901. The Hall–Kier alpha value is -1.78. The molecule has 0 spiro atoms. The third-order valence-corrected chi connectivity index (χ3v) is 6.12. The van der Waals surface area contributed by atoms with E-state index < -0.39 is 0 Å². The number of carbonyl (C=O) groups excluding carboxylic acids is 1. The summed E-state index contributed by atoms with van der Waals surface area (Å²) in [5, 5.41) is 3.02. The predicted octanol–water partition coefficient (Wildman–Crippen LogP) is 2.89. The second kappa shape index (κ2) is 9.24. The summed E-state index contributed by atoms with van der Waals surface area (Å²) in [7, 11) is 0. The van der Waals surface area contributed by atoms with Crippen molar-refractivity contribution in [1.29, 1.82) is 0 Å². The zero-order valence-electron chi connectivity index (χ0n) is 15.8. The zero-order chi connectivity index (χ0) is 18.4. The molecule has 26 heavy (non-hydrogen) atoms. The third-order valence-electron chi connectivity index (χ3n) is 5.13. The number of hydrogen-bond donors (Lipinski definition) is 2. The smallest absolute Gasteiger partial charge is 0.230 e. The van der Waals surface area contributed by atoms with Crippen LogP contribution < -0.4 is 10.2 Å². The van der Waals surface area contributed by atoms with Crippen LogP contribution in [0.4, 0.5) is 0 Å². The van der Waals surface area contributed by atoms with Crippen LogP contribution in [0, 0.1) is 13.8 Å². The number of thioether (sulfide) groups is 1. The van der Waals surface area contributed by atoms with Gasteiger partial charge >= 0.3 is 0 Å². The van der Waals surface area contributed by atoms with Crippen LogP contribution >= 0.6 is 11.8 Å². The lowest BCUT2D eigenvalue weighted by atomic mass is 10.1. The standard InChI is InChI=1S/C22H28N2OS/c1-17-5-10-21(13-18(17)2)26-16-22(25)23-14-19-6-8-20(9-7-19)15-24-11-3-4-12-24/h5-10,13H,3-4,11-12,14-16H2,1-2H3,(H,23,25)/p+1. The quantitative estimate of drug-likeness (QED) is 0.736. The number of carbonyl (C=O) groups is 1. The average molecular weight is 370 g/mol. The number of quaternary nitrogens is 1. The summed E-state index contributed by atoms with van der Waals surface area (Å²) in [5.74, 6) is 0.539. The molecule has 0 saturated carbocycles. The number of nitrogens with one attached hydrogen (secondary N) is 2. The Morgan fingerprint density at radius 3 is 2.38 bits per heavy atom. The van der Waals surface area contributed by atoms with Crippen LogP contribution in [-0.2, 0) is 17.9 Å². The van der Waals surface area contributed by atoms with Gasteiger partial charge in [-0.2, -0.15) is 0 Å². The molecule has 2 aromatic rings. The highest BCUT2D eigenvalue weighted by Crippen LogP contribution is 2.20. The molecule has 2 N–H and O–H groups in total. The van der Waals surface area contributed by atoms with Crippen molar-refractivity contribution in [2.24, 2.45) is 0 Å². The van der Waals surface area contributed by atoms with E-state index in [9.17, 15) is 4.79 Å². The first kappa shape index (κ1) is 19.0. The minimum absolute atomic E-state index is 0.0822. The van der Waals surface area contributed by atoms with Gasteiger partial charge in [0.25, 0.3) is 0 Å². The second-order valence-corrected chi connectivity index (χ2v) is 8.31. The summed E-state index contributed by atoms with van der Waals surface area (Å²) in [4.78, 5) is 14.9. The monoisotopic (exact) mass is 369 g/mol. The fraction of sp³-hybridized carbons (Fsp3) is 0.409. The molecule has 0 aromatic heterocycles. The van der Waals surface area contributed by atoms with Gasteiger partial charge in [-0.05, 0) is 42.7 Å². The Labute approximate surface area is 161 Å². The van der Waals surface area contributed by atoms with Crippen LogP contribution in [0.1, 0.15) is 35.1 Å². The van der Waals surface area contributed by atoms with Crippen LogP contribution in [0.25, 0.3) is 0 Å². The lowest BCUT2D eigenvalue weighted by Crippen LogP contribution is -3.08. The molecule has 2 aromatic carbocycles. The van der Waals surface area contributed by atoms with Crippen molar-refractivity contribution < 1.29 is 9.69 Å². The van der Waals surface area contributed by atoms with Gasteiger partial charge in [-0.1, -0.05) is 30.3 Å². The van der Waals surface area contributed by atoms with E-state index >= 15 is 0 Å². The first-order valence-corrected chi connectivity index (χ1v) is 10.5. The van der Waals surface area contributed by atoms with Crippen molar-refractivity contribution in [3.63, 3.8) is 0 Å². The molecule has 1 fully saturated rings. The van der Waals surface area contributed by atoms with Gasteiger partial charge in [0.15, 0.2) is 0 Å². The van der Waals surface area contributed by atoms with Crippen LogP contribution in [-0.4, -0.2) is 24.7 Å². The van der Waals surface area contributed by atoms with E-state index in [4.69, 9.17) is 0 Å². The molecule has 0 bridgehead atoms. The van der Waals surface area contributed by atoms with E-state index in [1.165, 1.54) is 42.6 Å². The van der Waals surface area contributed by atoms with Crippen molar-refractivity contribution in [2.75, 3.05) is 18.8 Å². The van der Waals surface area contributed by atoms with Crippen LogP contribution in [0.5, 0.6) is 0 Å². The van der Waals surface area contributed by atoms with Crippen molar-refractivity contribution >= 4 is 17.7 Å². The Morgan fingerprint density at radius 2 is 1.69 bits per heavy atom. The SMILES string of the molecule is Cc1ccc(SCC(=O)NCc2ccc(C[NH+]3CCCC3)cc2)cc1C. The fourth-order valence-corrected chi connectivity index (χ4v) is 4.14. The first-order valence-electron chi connectivity index (χ1n) is 9.48. The zero-order valence-corrected chi connectivity index (χ0v) is 16.6. The maximum atomic E-state index is 12.1. The molecule has 1 aliphatic heterocycles. The minimum Gasteiger partial charge on any atom is -0.351 e. The maximum Gasteiger partial charge on any atom is 0.230 e. The lowest BCUT2D eigenvalue weighted by Gasteiger charge is -2.12. The van der Waals surface area contributed by atoms with Gasteiger partial charge in [-0.15, -0.1) is 11.8 Å². The van der Waals surface area contributed by atoms with E-state index in [1.807, 2.05) is 0 Å². The normalized spacial score (nSPS) is 14.5. The van der Waals surface area contributed by atoms with Crippen molar-refractivity contribution in [1.82, 2.24) is 5.32 Å². The minimum atomic E-state index is 0.0822. The molecule has 0 radical (unpaired) electrons. The van der Waals surface area contributed by atoms with Gasteiger partial charge in [0.1, 0.15) is 6.54 Å². The molecular weight excluding hydrogens is 340 g/mol. The van der Waals surface area contributed by atoms with Gasteiger partial charge < -0.3 is 10.2 Å². The molecule has 1 aliphatic rings. The Bertz CT molecular complexity index is 736. The summed E-state index contributed by atoms with van der Waals surface area (Å²) in [6.07, 6.45) is 2.72. The molecule has 0 atom stereocenters. The fourth-order valence-electron chi connectivity index (χ4n) is 3.32. The Morgan fingerprint density at radius 1 is 1.00 bits per heavy atom. The highest BCUT2D eigenvalue weighted by Gasteiger charge is 2.15. The van der Waals surface area contributed by atoms with Gasteiger partial charge in [0, 0.05) is 29.8 Å². The number of likely N-dealkylation sites (tertiary alicyclic amines) is 1. The molecule has 0 aliphatic carbocycles. The summed E-state index contributed by atoms with van der Waals surface area (Å²) >= 11 is 1.59. The Balaban J connectivity index is 1.41. The second-order valence-electron chi connectivity index (χ2n) is 7.26. The maximum absolute atomic E-state index is 12.1. The summed E-state index contributed by atoms with van der Waals surface area (Å²) in [5.41, 5.74) is 5.11. The van der Waals surface area contributed by atoms with E-state index in [-0.39, 0.29) is 5.91 Å². The predicted molar refractivity (Wildman–Crippen MR) is 109 cm³/mol. The summed E-state index contributed by atoms with van der Waals surface area (Å²) in [6.45, 7) is 8.54. The highest BCUT2D eigenvalue weighted by atomic mass is 32.2. The molecule has 0 unspecified atom stereocenters. The number of hydrogen-bond acceptors (Lipinski definition) is 2. The van der Waals surface area contributed by atoms with Crippen molar-refractivity contribution in [2.45, 2.75) is 44.7 Å². The van der Waals surface area contributed by atoms with Gasteiger partial charge in [0.05, 0.1) is 18.8 Å². The first-order chi connectivity index (χ1) is 12.6. The molecular formula is C22H29N2OS+. The molecule has 1 heterocycles. The van der Waals surface area contributed by atoms with Gasteiger partial charge in [-0.25, -0.2) is 0 Å². The molecule has 3 rings (SSSR count). The van der Waals surface area contributed by atoms with E-state index in [1.54, 1.807) is 16.7 Å². The third kappa shape index (κ3) is 5.61. The van der Waals surface area contributed by atoms with Crippen LogP contribution in [0.3, 0.4) is 0 Å². The molecule has 3 nitrogen and oxygen atoms in total. The number of rotatable bonds is 7. The number of benzene rings is 2. The topological polar surface area (TPSA) is 33.5 Å². The molecule has 1 amide bonds. The highest BCUT2D eigenvalue weighted by molar-refractivity contribution is 8.00. The number of aryl methyl sites for hydroxylation is 2. The van der Waals surface area contributed by atoms with Crippen LogP contribution in [0.15, 0.2) is 47.4 Å². The van der Waals surface area contributed by atoms with E-state index in [0.717, 1.165) is 17.0 Å². The average Bonchev–Trinajstić information content (AvgIpc) is 3.15.